The Morgan fingerprint density at radius 3 is 2.62 bits per heavy atom. The highest BCUT2D eigenvalue weighted by molar-refractivity contribution is 5.96. The van der Waals surface area contributed by atoms with Crippen LogP contribution < -0.4 is 5.32 Å². The highest BCUT2D eigenvalue weighted by Crippen LogP contribution is 2.03. The summed E-state index contributed by atoms with van der Waals surface area (Å²) in [5, 5.41) is 19.3. The molecule has 1 rings (SSSR count). The molecule has 1 aromatic rings. The largest absolute Gasteiger partial charge is 0.480 e. The number of carboxylic acid groups (broad SMARTS) is 1. The van der Waals surface area contributed by atoms with Crippen LogP contribution in [0.3, 0.4) is 0 Å². The van der Waals surface area contributed by atoms with E-state index >= 15 is 0 Å². The number of aliphatic carboxylic acids is 1. The Bertz CT molecular complexity index is 408. The summed E-state index contributed by atoms with van der Waals surface area (Å²) in [4.78, 5) is 21.9. The highest BCUT2D eigenvalue weighted by Gasteiger charge is 2.19. The minimum absolute atomic E-state index is 0.000278. The number of carboxylic acids is 1. The normalized spacial score (nSPS) is 11.9. The van der Waals surface area contributed by atoms with Crippen LogP contribution in [-0.4, -0.2) is 34.7 Å². The molecule has 0 fully saturated rings. The van der Waals surface area contributed by atoms with E-state index in [1.54, 1.807) is 0 Å². The number of aliphatic hydroxyl groups is 1. The van der Waals surface area contributed by atoms with Gasteiger partial charge in [0.05, 0.1) is 6.61 Å². The third kappa shape index (κ3) is 3.03. The van der Waals surface area contributed by atoms with Crippen molar-refractivity contribution in [2.75, 3.05) is 6.61 Å². The Hall–Kier alpha value is -1.95. The maximum absolute atomic E-state index is 12.8. The quantitative estimate of drug-likeness (QED) is 0.675. The first-order valence-electron chi connectivity index (χ1n) is 4.44. The van der Waals surface area contributed by atoms with Crippen molar-refractivity contribution in [3.05, 3.63) is 35.6 Å². The molecule has 1 amide bonds. The molecule has 6 heteroatoms. The molecule has 0 spiro atoms. The zero-order valence-corrected chi connectivity index (χ0v) is 8.18. The smallest absolute Gasteiger partial charge is 0.328 e. The number of benzene rings is 1. The lowest BCUT2D eigenvalue weighted by molar-refractivity contribution is -0.140. The van der Waals surface area contributed by atoms with E-state index in [4.69, 9.17) is 10.2 Å². The van der Waals surface area contributed by atoms with Crippen LogP contribution in [0.4, 0.5) is 4.39 Å². The Kier molecular flexibility index (Phi) is 3.96. The summed E-state index contributed by atoms with van der Waals surface area (Å²) >= 11 is 0. The van der Waals surface area contributed by atoms with Crippen LogP contribution in [-0.2, 0) is 4.79 Å². The minimum Gasteiger partial charge on any atom is -0.480 e. The second-order valence-corrected chi connectivity index (χ2v) is 3.06. The van der Waals surface area contributed by atoms with E-state index in [0.29, 0.717) is 0 Å². The third-order valence-corrected chi connectivity index (χ3v) is 1.87. The lowest BCUT2D eigenvalue weighted by atomic mass is 10.2. The maximum atomic E-state index is 12.8. The zero-order valence-electron chi connectivity index (χ0n) is 8.18. The van der Waals surface area contributed by atoms with Gasteiger partial charge in [-0.2, -0.15) is 0 Å². The van der Waals surface area contributed by atoms with E-state index in [1.807, 2.05) is 0 Å². The average molecular weight is 227 g/mol. The number of halogens is 1. The van der Waals surface area contributed by atoms with Crippen molar-refractivity contribution in [2.45, 2.75) is 6.04 Å². The van der Waals surface area contributed by atoms with Gasteiger partial charge in [0.1, 0.15) is 5.82 Å². The Morgan fingerprint density at radius 1 is 1.44 bits per heavy atom. The molecule has 0 radical (unpaired) electrons. The number of hydrogen-bond acceptors (Lipinski definition) is 3. The molecule has 0 bridgehead atoms. The van der Waals surface area contributed by atoms with Crippen molar-refractivity contribution >= 4 is 11.9 Å². The molecule has 86 valence electrons. The average Bonchev–Trinajstić information content (AvgIpc) is 2.25. The summed E-state index contributed by atoms with van der Waals surface area (Å²) in [6.45, 7) is -0.726. The molecular weight excluding hydrogens is 217 g/mol. The van der Waals surface area contributed by atoms with Gasteiger partial charge in [-0.25, -0.2) is 9.18 Å². The molecule has 5 nitrogen and oxygen atoms in total. The monoisotopic (exact) mass is 227 g/mol. The fourth-order valence-electron chi connectivity index (χ4n) is 1.06. The summed E-state index contributed by atoms with van der Waals surface area (Å²) in [6, 6.07) is 3.42. The first-order chi connectivity index (χ1) is 7.54. The van der Waals surface area contributed by atoms with Crippen LogP contribution in [0.2, 0.25) is 0 Å². The predicted octanol–water partition coefficient (Wildman–Crippen LogP) is 0.001000. The van der Waals surface area contributed by atoms with E-state index in [0.717, 1.165) is 12.1 Å². The van der Waals surface area contributed by atoms with Gasteiger partial charge in [-0.15, -0.1) is 0 Å². The van der Waals surface area contributed by atoms with Gasteiger partial charge in [0.2, 0.25) is 0 Å². The van der Waals surface area contributed by atoms with Crippen molar-refractivity contribution in [3.8, 4) is 0 Å². The number of nitrogens with one attached hydrogen (secondary N) is 1. The SMILES string of the molecule is O=C(N[C@H](CO)C(=O)O)c1cccc(F)c1. The molecule has 0 aliphatic carbocycles. The van der Waals surface area contributed by atoms with Crippen LogP contribution in [0.25, 0.3) is 0 Å². The van der Waals surface area contributed by atoms with Crippen molar-refractivity contribution in [3.63, 3.8) is 0 Å². The molecule has 0 heterocycles. The Morgan fingerprint density at radius 2 is 2.12 bits per heavy atom. The molecule has 1 aromatic carbocycles. The minimum atomic E-state index is -1.39. The van der Waals surface area contributed by atoms with E-state index in [9.17, 15) is 14.0 Å². The molecule has 0 aliphatic heterocycles. The lowest BCUT2D eigenvalue weighted by Gasteiger charge is -2.11. The molecule has 0 unspecified atom stereocenters. The molecule has 0 saturated carbocycles. The van der Waals surface area contributed by atoms with Crippen molar-refractivity contribution < 1.29 is 24.2 Å². The van der Waals surface area contributed by atoms with Crippen molar-refractivity contribution in [2.24, 2.45) is 0 Å². The van der Waals surface area contributed by atoms with Gasteiger partial charge in [0, 0.05) is 5.56 Å². The molecule has 1 atom stereocenters. The summed E-state index contributed by atoms with van der Waals surface area (Å²) in [6.07, 6.45) is 0. The van der Waals surface area contributed by atoms with E-state index in [-0.39, 0.29) is 5.56 Å². The number of aliphatic hydroxyl groups excluding tert-OH is 1. The van der Waals surface area contributed by atoms with E-state index in [1.165, 1.54) is 12.1 Å². The van der Waals surface area contributed by atoms with Crippen LogP contribution in [0.5, 0.6) is 0 Å². The number of carbonyl (C=O) groups is 2. The summed E-state index contributed by atoms with van der Waals surface area (Å²) in [7, 11) is 0. The van der Waals surface area contributed by atoms with Gasteiger partial charge >= 0.3 is 5.97 Å². The lowest BCUT2D eigenvalue weighted by Crippen LogP contribution is -2.43. The van der Waals surface area contributed by atoms with Gasteiger partial charge in [-0.05, 0) is 18.2 Å². The van der Waals surface area contributed by atoms with Crippen LogP contribution in [0, 0.1) is 5.82 Å². The van der Waals surface area contributed by atoms with Gasteiger partial charge in [0.25, 0.3) is 5.91 Å². The van der Waals surface area contributed by atoms with Crippen LogP contribution in [0.1, 0.15) is 10.4 Å². The second kappa shape index (κ2) is 5.22. The topological polar surface area (TPSA) is 86.6 Å². The summed E-state index contributed by atoms with van der Waals surface area (Å²) < 4.78 is 12.8. The van der Waals surface area contributed by atoms with Crippen molar-refractivity contribution in [1.82, 2.24) is 5.32 Å². The number of hydrogen-bond donors (Lipinski definition) is 3. The first-order valence-corrected chi connectivity index (χ1v) is 4.44. The van der Waals surface area contributed by atoms with Gasteiger partial charge in [-0.1, -0.05) is 6.07 Å². The van der Waals surface area contributed by atoms with E-state index < -0.39 is 30.3 Å². The molecule has 16 heavy (non-hydrogen) atoms. The Balaban J connectivity index is 2.75. The van der Waals surface area contributed by atoms with Gasteiger partial charge < -0.3 is 15.5 Å². The number of carbonyl (C=O) groups excluding carboxylic acids is 1. The van der Waals surface area contributed by atoms with Gasteiger partial charge in [-0.3, -0.25) is 4.79 Å². The third-order valence-electron chi connectivity index (χ3n) is 1.87. The standard InChI is InChI=1S/C10H10FNO4/c11-7-3-1-2-6(4-7)9(14)12-8(5-13)10(15)16/h1-4,8,13H,5H2,(H,12,14)(H,15,16)/t8-/m1/s1. The van der Waals surface area contributed by atoms with Gasteiger partial charge in [0.15, 0.2) is 6.04 Å². The molecule has 0 saturated heterocycles. The first kappa shape index (κ1) is 12.1. The van der Waals surface area contributed by atoms with Crippen LogP contribution >= 0.6 is 0 Å². The second-order valence-electron chi connectivity index (χ2n) is 3.06. The molecule has 3 N–H and O–H groups in total. The zero-order chi connectivity index (χ0) is 12.1. The fraction of sp³-hybridized carbons (Fsp3) is 0.200. The summed E-state index contributed by atoms with van der Waals surface area (Å²) in [5.74, 6) is -2.70. The summed E-state index contributed by atoms with van der Waals surface area (Å²) in [5.41, 5.74) is -0.000278. The van der Waals surface area contributed by atoms with Crippen LogP contribution in [0.15, 0.2) is 24.3 Å². The molecular formula is C10H10FNO4. The number of rotatable bonds is 4. The highest BCUT2D eigenvalue weighted by atomic mass is 19.1. The predicted molar refractivity (Wildman–Crippen MR) is 52.4 cm³/mol. The maximum Gasteiger partial charge on any atom is 0.328 e. The fourth-order valence-corrected chi connectivity index (χ4v) is 1.06. The van der Waals surface area contributed by atoms with Crippen molar-refractivity contribution in [1.29, 1.82) is 0 Å². The van der Waals surface area contributed by atoms with E-state index in [2.05, 4.69) is 5.32 Å². The molecule has 0 aliphatic rings. The Labute approximate surface area is 90.5 Å². The molecule has 0 aromatic heterocycles. The number of amides is 1.